The molecule has 9 atom stereocenters. The molecule has 2 aliphatic rings. The number of nitrogens with two attached hydrogens (primary N) is 6. The molecule has 0 saturated carbocycles. The average Bonchev–Trinajstić information content (AvgIpc) is 4.20. The second-order valence-corrected chi connectivity index (χ2v) is 20.4. The fraction of sp³-hybridized carbons (Fsp3) is 0.556. The van der Waals surface area contributed by atoms with Crippen LogP contribution in [-0.2, 0) is 60.8 Å². The summed E-state index contributed by atoms with van der Waals surface area (Å²) in [5.74, 6) is -8.31. The Bertz CT molecular complexity index is 2570. The number of nitrogens with one attached hydrogen (secondary N) is 7. The van der Waals surface area contributed by atoms with Crippen LogP contribution in [-0.4, -0.2) is 191 Å². The molecule has 2 aromatic carbocycles. The Morgan fingerprint density at radius 2 is 1.05 bits per heavy atom. The summed E-state index contributed by atoms with van der Waals surface area (Å²) in [6.45, 7) is 0.705. The second-order valence-electron chi connectivity index (χ2n) is 20.4. The normalized spacial score (nSPS) is 17.2. The van der Waals surface area contributed by atoms with E-state index >= 15 is 0 Å². The van der Waals surface area contributed by atoms with Crippen LogP contribution < -0.4 is 71.6 Å². The topological polar surface area (TPSA) is 483 Å². The molecule has 4 rings (SSSR count). The first kappa shape index (κ1) is 67.1. The van der Waals surface area contributed by atoms with E-state index in [1.54, 1.807) is 60.7 Å². The first-order valence-corrected chi connectivity index (χ1v) is 27.8. The van der Waals surface area contributed by atoms with Crippen molar-refractivity contribution in [2.24, 2.45) is 44.4 Å². The molecule has 2 saturated heterocycles. The van der Waals surface area contributed by atoms with Crippen molar-refractivity contribution in [2.75, 3.05) is 45.9 Å². The molecular formula is C54H83N17O12. The van der Waals surface area contributed by atoms with Crippen LogP contribution in [0.4, 0.5) is 0 Å². The van der Waals surface area contributed by atoms with Gasteiger partial charge in [-0.05, 0) is 88.8 Å². The molecule has 456 valence electrons. The van der Waals surface area contributed by atoms with Gasteiger partial charge in [-0.2, -0.15) is 0 Å². The van der Waals surface area contributed by atoms with Gasteiger partial charge in [0, 0.05) is 39.0 Å². The highest BCUT2D eigenvalue weighted by Gasteiger charge is 2.41. The third-order valence-corrected chi connectivity index (χ3v) is 13.9. The maximum Gasteiger partial charge on any atom is 0.326 e. The van der Waals surface area contributed by atoms with Gasteiger partial charge in [0.1, 0.15) is 48.3 Å². The highest BCUT2D eigenvalue weighted by Crippen LogP contribution is 2.22. The van der Waals surface area contributed by atoms with Gasteiger partial charge in [0.05, 0.1) is 19.2 Å². The number of carboxylic acid groups (broad SMARTS) is 1. The lowest BCUT2D eigenvalue weighted by Crippen LogP contribution is -2.60. The Morgan fingerprint density at radius 3 is 1.54 bits per heavy atom. The number of carbonyl (C=O) groups excluding carboxylic acids is 9. The number of rotatable bonds is 34. The second kappa shape index (κ2) is 34.8. The number of likely N-dealkylation sites (tertiary alicyclic amines) is 2. The van der Waals surface area contributed by atoms with Gasteiger partial charge in [-0.1, -0.05) is 67.1 Å². The number of hydrogen-bond acceptors (Lipinski definition) is 15. The Hall–Kier alpha value is -8.44. The number of carboxylic acids is 1. The molecule has 2 fully saturated rings. The minimum Gasteiger partial charge on any atom is -0.480 e. The largest absolute Gasteiger partial charge is 0.480 e. The number of guanidine groups is 2. The first-order chi connectivity index (χ1) is 39.6. The molecule has 83 heavy (non-hydrogen) atoms. The molecule has 2 aromatic rings. The summed E-state index contributed by atoms with van der Waals surface area (Å²) in [4.78, 5) is 146. The summed E-state index contributed by atoms with van der Waals surface area (Å²) in [5, 5.41) is 38.4. The monoisotopic (exact) mass is 1160 g/mol. The Balaban J connectivity index is 1.40. The van der Waals surface area contributed by atoms with Crippen molar-refractivity contribution in [3.05, 3.63) is 71.8 Å². The Kier molecular flexibility index (Phi) is 28.1. The van der Waals surface area contributed by atoms with Crippen LogP contribution in [0.15, 0.2) is 70.6 Å². The number of unbranched alkanes of at least 4 members (excludes halogenated alkanes) is 1. The molecule has 9 amide bonds. The van der Waals surface area contributed by atoms with E-state index in [0.29, 0.717) is 56.2 Å². The molecule has 29 heteroatoms. The average molecular weight is 1160 g/mol. The van der Waals surface area contributed by atoms with Crippen molar-refractivity contribution < 1.29 is 58.2 Å². The van der Waals surface area contributed by atoms with Gasteiger partial charge in [-0.15, -0.1) is 0 Å². The number of hydrogen-bond donors (Lipinski definition) is 15. The zero-order valence-corrected chi connectivity index (χ0v) is 46.8. The maximum atomic E-state index is 14.2. The summed E-state index contributed by atoms with van der Waals surface area (Å²) in [7, 11) is 0. The first-order valence-electron chi connectivity index (χ1n) is 27.8. The smallest absolute Gasteiger partial charge is 0.326 e. The van der Waals surface area contributed by atoms with Gasteiger partial charge in [-0.3, -0.25) is 53.1 Å². The predicted molar refractivity (Wildman–Crippen MR) is 305 cm³/mol. The zero-order chi connectivity index (χ0) is 61.0. The van der Waals surface area contributed by atoms with Crippen LogP contribution >= 0.6 is 0 Å². The summed E-state index contributed by atoms with van der Waals surface area (Å²) >= 11 is 0. The molecule has 0 bridgehead atoms. The van der Waals surface area contributed by atoms with Gasteiger partial charge in [0.2, 0.25) is 53.2 Å². The van der Waals surface area contributed by atoms with Gasteiger partial charge >= 0.3 is 5.97 Å². The highest BCUT2D eigenvalue weighted by molar-refractivity contribution is 5.98. The highest BCUT2D eigenvalue weighted by atomic mass is 16.4. The maximum absolute atomic E-state index is 14.2. The lowest BCUT2D eigenvalue weighted by molar-refractivity contribution is -0.144. The molecule has 29 nitrogen and oxygen atoms in total. The Morgan fingerprint density at radius 1 is 0.578 bits per heavy atom. The predicted octanol–water partition coefficient (Wildman–Crippen LogP) is -4.86. The number of amides is 9. The van der Waals surface area contributed by atoms with Crippen molar-refractivity contribution in [2.45, 2.75) is 145 Å². The van der Waals surface area contributed by atoms with Crippen molar-refractivity contribution in [3.63, 3.8) is 0 Å². The van der Waals surface area contributed by atoms with Gasteiger partial charge in [0.25, 0.3) is 0 Å². The molecule has 21 N–H and O–H groups in total. The van der Waals surface area contributed by atoms with Crippen molar-refractivity contribution >= 4 is 71.1 Å². The molecule has 0 aromatic heterocycles. The Labute approximate surface area is 481 Å². The molecule has 2 heterocycles. The number of aliphatic hydroxyl groups excluding tert-OH is 1. The quantitative estimate of drug-likeness (QED) is 0.0177. The zero-order valence-electron chi connectivity index (χ0n) is 46.8. The number of aliphatic carboxylic acids is 1. The summed E-state index contributed by atoms with van der Waals surface area (Å²) in [6, 6.07) is 6.14. The van der Waals surface area contributed by atoms with Crippen molar-refractivity contribution in [1.82, 2.24) is 47.0 Å². The molecule has 2 aliphatic heterocycles. The van der Waals surface area contributed by atoms with Crippen LogP contribution in [0, 0.1) is 0 Å². The van der Waals surface area contributed by atoms with Crippen LogP contribution in [0.5, 0.6) is 0 Å². The van der Waals surface area contributed by atoms with E-state index < -0.39 is 127 Å². The standard InChI is InChI=1S/C54H83N17O12/c1-32(64-48(78)41-21-12-26-70(41)50(80)36(19-10-24-61-53(57)58)66-45(75)35(56)18-8-9-23-55)44(74)63-30-43(73)65-38(28-33-14-4-2-5-15-33)46(76)69-40(31-72)51(81)71-27-13-22-42(71)49(79)68-39(29-34-16-6-3-7-17-34)47(77)67-37(52(82)83)20-11-25-62-54(59)60/h2-7,14-17,32,35-42,72H,8-13,18-31,55-56H2,1H3,(H,63,74)(H,64,78)(H,65,73)(H,66,75)(H,67,77)(H,68,79)(H,69,76)(H,82,83)(H4,57,58,61)(H4,59,60,62). The number of carbonyl (C=O) groups is 10. The van der Waals surface area contributed by atoms with E-state index in [9.17, 15) is 58.2 Å². The summed E-state index contributed by atoms with van der Waals surface area (Å²) in [5.41, 5.74) is 34.6. The minimum atomic E-state index is -1.62. The number of nitrogens with zero attached hydrogens (tertiary/aromatic N) is 4. The molecule has 0 aliphatic carbocycles. The van der Waals surface area contributed by atoms with Crippen LogP contribution in [0.3, 0.4) is 0 Å². The van der Waals surface area contributed by atoms with Crippen LogP contribution in [0.25, 0.3) is 0 Å². The molecule has 0 radical (unpaired) electrons. The van der Waals surface area contributed by atoms with E-state index in [-0.39, 0.29) is 83.0 Å². The van der Waals surface area contributed by atoms with E-state index in [2.05, 4.69) is 47.2 Å². The van der Waals surface area contributed by atoms with E-state index in [4.69, 9.17) is 34.4 Å². The molecule has 9 unspecified atom stereocenters. The lowest BCUT2D eigenvalue weighted by atomic mass is 10.0. The fourth-order valence-electron chi connectivity index (χ4n) is 9.50. The third kappa shape index (κ3) is 22.4. The van der Waals surface area contributed by atoms with Crippen LogP contribution in [0.2, 0.25) is 0 Å². The van der Waals surface area contributed by atoms with E-state index in [1.165, 1.54) is 16.7 Å². The third-order valence-electron chi connectivity index (χ3n) is 13.9. The van der Waals surface area contributed by atoms with Gasteiger partial charge in [0.15, 0.2) is 11.9 Å². The minimum absolute atomic E-state index is 0.0323. The SMILES string of the molecule is CC(NC(=O)C1CCCN1C(=O)C(CCCN=C(N)N)NC(=O)C(N)CCCCN)C(=O)NCC(=O)NC(Cc1ccccc1)C(=O)NC(CO)C(=O)N1CCCC1C(=O)NC(Cc1ccccc1)C(=O)NC(CCCN=C(N)N)C(=O)O. The molecular weight excluding hydrogens is 1080 g/mol. The number of aliphatic hydroxyl groups is 1. The van der Waals surface area contributed by atoms with Gasteiger partial charge in [-0.25, -0.2) is 4.79 Å². The summed E-state index contributed by atoms with van der Waals surface area (Å²) < 4.78 is 0. The summed E-state index contributed by atoms with van der Waals surface area (Å²) in [6.07, 6.45) is 3.24. The lowest BCUT2D eigenvalue weighted by Gasteiger charge is -2.30. The number of benzene rings is 2. The molecule has 0 spiro atoms. The fourth-order valence-corrected chi connectivity index (χ4v) is 9.50. The number of aliphatic imine (C=N–C) groups is 2. The van der Waals surface area contributed by atoms with Crippen LogP contribution in [0.1, 0.15) is 88.7 Å². The van der Waals surface area contributed by atoms with Gasteiger partial charge < -0.3 is 91.6 Å². The van der Waals surface area contributed by atoms with E-state index in [0.717, 1.165) is 0 Å². The van der Waals surface area contributed by atoms with E-state index in [1.807, 2.05) is 0 Å². The van der Waals surface area contributed by atoms with Crippen molar-refractivity contribution in [1.29, 1.82) is 0 Å². The van der Waals surface area contributed by atoms with Crippen molar-refractivity contribution in [3.8, 4) is 0 Å².